The summed E-state index contributed by atoms with van der Waals surface area (Å²) in [5.74, 6) is 1.82. The smallest absolute Gasteiger partial charge is 0.239 e. The molecule has 1 N–H and O–H groups in total. The van der Waals surface area contributed by atoms with E-state index >= 15 is 0 Å². The Hall–Kier alpha value is -1.64. The lowest BCUT2D eigenvalue weighted by Gasteiger charge is -2.37. The molecule has 36 heavy (non-hydrogen) atoms. The van der Waals surface area contributed by atoms with E-state index in [2.05, 4.69) is 68.6 Å². The van der Waals surface area contributed by atoms with Gasteiger partial charge in [-0.05, 0) is 68.2 Å². The molecule has 1 saturated carbocycles. The van der Waals surface area contributed by atoms with Gasteiger partial charge in [0.05, 0.1) is 5.41 Å². The Labute approximate surface area is 228 Å². The lowest BCUT2D eigenvalue weighted by Crippen LogP contribution is -2.48. The number of nitrogens with zero attached hydrogens (tertiary/aromatic N) is 4. The molecule has 0 unspecified atom stereocenters. The van der Waals surface area contributed by atoms with Crippen molar-refractivity contribution in [3.63, 3.8) is 0 Å². The Morgan fingerprint density at radius 2 is 1.94 bits per heavy atom. The number of alkyl halides is 1. The first kappa shape index (κ1) is 26.0. The number of hydrogen-bond acceptors (Lipinski definition) is 6. The van der Waals surface area contributed by atoms with Crippen molar-refractivity contribution in [1.29, 1.82) is 0 Å². The molecule has 2 fully saturated rings. The van der Waals surface area contributed by atoms with E-state index in [0.29, 0.717) is 12.0 Å². The maximum absolute atomic E-state index is 13.7. The van der Waals surface area contributed by atoms with Crippen molar-refractivity contribution in [2.45, 2.75) is 99.4 Å². The molecular weight excluding hydrogens is 534 g/mol. The van der Waals surface area contributed by atoms with Gasteiger partial charge in [0.25, 0.3) is 0 Å². The predicted molar refractivity (Wildman–Crippen MR) is 152 cm³/mol. The van der Waals surface area contributed by atoms with Crippen molar-refractivity contribution in [2.24, 2.45) is 0 Å². The third kappa shape index (κ3) is 5.05. The van der Waals surface area contributed by atoms with Gasteiger partial charge in [-0.1, -0.05) is 61.2 Å². The second-order valence-corrected chi connectivity index (χ2v) is 12.2. The van der Waals surface area contributed by atoms with Gasteiger partial charge in [0, 0.05) is 47.2 Å². The number of fused-ring (bicyclic) bond motifs is 2. The van der Waals surface area contributed by atoms with Gasteiger partial charge in [0.2, 0.25) is 11.9 Å². The van der Waals surface area contributed by atoms with E-state index in [-0.39, 0.29) is 17.4 Å². The van der Waals surface area contributed by atoms with Gasteiger partial charge in [0.15, 0.2) is 0 Å². The number of benzene rings is 1. The number of nitrogens with one attached hydrogen (secondary N) is 1. The van der Waals surface area contributed by atoms with Gasteiger partial charge < -0.3 is 5.32 Å². The summed E-state index contributed by atoms with van der Waals surface area (Å²) in [7, 11) is 0. The Balaban J connectivity index is 1.27. The normalized spacial score (nSPS) is 19.7. The van der Waals surface area contributed by atoms with Crippen molar-refractivity contribution >= 4 is 45.6 Å². The molecule has 1 aromatic heterocycles. The minimum atomic E-state index is -0.359. The van der Waals surface area contributed by atoms with Crippen LogP contribution in [-0.2, 0) is 15.5 Å². The molecule has 2 aliphatic heterocycles. The summed E-state index contributed by atoms with van der Waals surface area (Å²) in [5, 5.41) is 4.50. The van der Waals surface area contributed by atoms with E-state index in [1.54, 1.807) is 0 Å². The first-order valence-corrected chi connectivity index (χ1v) is 15.5. The van der Waals surface area contributed by atoms with E-state index in [1.165, 1.54) is 10.5 Å². The van der Waals surface area contributed by atoms with Crippen LogP contribution in [0.5, 0.6) is 0 Å². The van der Waals surface area contributed by atoms with E-state index in [9.17, 15) is 4.79 Å². The first-order valence-electron chi connectivity index (χ1n) is 13.6. The molecule has 3 aliphatic rings. The number of piperidine rings is 1. The fourth-order valence-electron chi connectivity index (χ4n) is 5.94. The van der Waals surface area contributed by atoms with Crippen molar-refractivity contribution in [2.75, 3.05) is 23.3 Å². The topological polar surface area (TPSA) is 61.4 Å². The third-order valence-corrected chi connectivity index (χ3v) is 9.77. The highest BCUT2D eigenvalue weighted by molar-refractivity contribution is 9.08. The van der Waals surface area contributed by atoms with E-state index in [4.69, 9.17) is 9.97 Å². The highest BCUT2D eigenvalue weighted by atomic mass is 79.9. The SMILES string of the molecule is CCCC(CCC)N1C(=O)C2(CCC2)c2cnc(NC3CCN(Sc4cccc(CBr)c4)CC3)nc21. The molecule has 2 aromatic rings. The molecule has 1 saturated heterocycles. The van der Waals surface area contributed by atoms with Crippen LogP contribution in [0, 0.1) is 0 Å². The summed E-state index contributed by atoms with van der Waals surface area (Å²) in [6.07, 6.45) is 11.2. The number of amides is 1. The summed E-state index contributed by atoms with van der Waals surface area (Å²) < 4.78 is 2.45. The monoisotopic (exact) mass is 571 g/mol. The Morgan fingerprint density at radius 1 is 1.19 bits per heavy atom. The molecule has 0 atom stereocenters. The van der Waals surface area contributed by atoms with Gasteiger partial charge in [-0.2, -0.15) is 4.98 Å². The highest BCUT2D eigenvalue weighted by Crippen LogP contribution is 2.53. The van der Waals surface area contributed by atoms with Crippen LogP contribution >= 0.6 is 27.9 Å². The fourth-order valence-corrected chi connectivity index (χ4v) is 7.32. The maximum Gasteiger partial charge on any atom is 0.239 e. The number of aromatic nitrogens is 2. The van der Waals surface area contributed by atoms with Crippen LogP contribution in [0.25, 0.3) is 0 Å². The number of anilines is 2. The molecule has 8 heteroatoms. The van der Waals surface area contributed by atoms with Crippen LogP contribution in [0.1, 0.15) is 82.8 Å². The van der Waals surface area contributed by atoms with Gasteiger partial charge in [0.1, 0.15) is 5.82 Å². The fraction of sp³-hybridized carbons (Fsp3) is 0.607. The van der Waals surface area contributed by atoms with E-state index in [0.717, 1.165) is 87.6 Å². The first-order chi connectivity index (χ1) is 17.6. The van der Waals surface area contributed by atoms with Crippen molar-refractivity contribution < 1.29 is 4.79 Å². The molecule has 1 aromatic carbocycles. The van der Waals surface area contributed by atoms with Gasteiger partial charge in [-0.25, -0.2) is 9.29 Å². The average Bonchev–Trinajstić information content (AvgIpc) is 3.13. The minimum absolute atomic E-state index is 0.234. The average molecular weight is 573 g/mol. The Bertz CT molecular complexity index is 1060. The van der Waals surface area contributed by atoms with Crippen LogP contribution in [-0.4, -0.2) is 45.4 Å². The number of carbonyl (C=O) groups excluding carboxylic acids is 1. The zero-order valence-corrected chi connectivity index (χ0v) is 23.9. The molecule has 5 rings (SSSR count). The van der Waals surface area contributed by atoms with Crippen LogP contribution < -0.4 is 10.2 Å². The molecule has 6 nitrogen and oxygen atoms in total. The largest absolute Gasteiger partial charge is 0.351 e. The lowest BCUT2D eigenvalue weighted by atomic mass is 9.66. The predicted octanol–water partition coefficient (Wildman–Crippen LogP) is 6.69. The van der Waals surface area contributed by atoms with Crippen molar-refractivity contribution in [3.8, 4) is 0 Å². The summed E-state index contributed by atoms with van der Waals surface area (Å²) >= 11 is 5.40. The van der Waals surface area contributed by atoms with Crippen molar-refractivity contribution in [3.05, 3.63) is 41.6 Å². The molecule has 3 heterocycles. The lowest BCUT2D eigenvalue weighted by molar-refractivity contribution is -0.126. The maximum atomic E-state index is 13.7. The number of hydrogen-bond donors (Lipinski definition) is 1. The summed E-state index contributed by atoms with van der Waals surface area (Å²) in [6.45, 7) is 6.46. The van der Waals surface area contributed by atoms with Gasteiger partial charge in [-0.15, -0.1) is 0 Å². The second kappa shape index (κ2) is 11.4. The molecule has 1 spiro atoms. The van der Waals surface area contributed by atoms with Crippen LogP contribution in [0.3, 0.4) is 0 Å². The summed E-state index contributed by atoms with van der Waals surface area (Å²) in [5.41, 5.74) is 2.02. The van der Waals surface area contributed by atoms with E-state index < -0.39 is 0 Å². The standard InChI is InChI=1S/C28H38BrN5OS/c1-3-7-22(8-4-2)34-25-24(28(26(34)35)13-6-14-28)19-30-27(32-25)31-21-11-15-33(16-12-21)36-23-10-5-9-20(17-23)18-29/h5,9-10,17,19,21-22H,3-4,6-8,11-16,18H2,1-2H3,(H,30,31,32). The highest BCUT2D eigenvalue weighted by Gasteiger charge is 2.56. The quantitative estimate of drug-likeness (QED) is 0.253. The molecule has 1 amide bonds. The molecule has 0 bridgehead atoms. The Morgan fingerprint density at radius 3 is 2.58 bits per heavy atom. The molecular formula is C28H38BrN5OS. The van der Waals surface area contributed by atoms with Crippen LogP contribution in [0.2, 0.25) is 0 Å². The van der Waals surface area contributed by atoms with Crippen LogP contribution in [0.15, 0.2) is 35.4 Å². The minimum Gasteiger partial charge on any atom is -0.351 e. The molecule has 0 radical (unpaired) electrons. The number of rotatable bonds is 10. The van der Waals surface area contributed by atoms with Gasteiger partial charge >= 0.3 is 0 Å². The third-order valence-electron chi connectivity index (χ3n) is 8.03. The second-order valence-electron chi connectivity index (χ2n) is 10.5. The summed E-state index contributed by atoms with van der Waals surface area (Å²) in [6, 6.07) is 9.31. The zero-order chi connectivity index (χ0) is 25.1. The van der Waals surface area contributed by atoms with Crippen LogP contribution in [0.4, 0.5) is 11.8 Å². The van der Waals surface area contributed by atoms with Gasteiger partial charge in [-0.3, -0.25) is 9.69 Å². The number of halogens is 1. The molecule has 194 valence electrons. The summed E-state index contributed by atoms with van der Waals surface area (Å²) in [4.78, 5) is 26.8. The number of carbonyl (C=O) groups is 1. The molecule has 1 aliphatic carbocycles. The van der Waals surface area contributed by atoms with E-state index in [1.807, 2.05) is 18.1 Å². The zero-order valence-electron chi connectivity index (χ0n) is 21.5. The van der Waals surface area contributed by atoms with Crippen molar-refractivity contribution in [1.82, 2.24) is 14.3 Å². The Kier molecular flexibility index (Phi) is 8.23.